The van der Waals surface area contributed by atoms with Crippen molar-refractivity contribution in [1.29, 1.82) is 0 Å². The Kier molecular flexibility index (Phi) is 5.16. The first-order valence-corrected chi connectivity index (χ1v) is 9.95. The molecule has 2 aromatic rings. The number of aromatic nitrogens is 2. The number of rotatable bonds is 3. The fraction of sp³-hybridized carbons (Fsp3) is 0.524. The Morgan fingerprint density at radius 1 is 1.07 bits per heavy atom. The molecule has 2 aliphatic rings. The zero-order valence-corrected chi connectivity index (χ0v) is 16.3. The number of nitrogens with zero attached hydrogens (tertiary/aromatic N) is 5. The third kappa shape index (κ3) is 3.72. The molecule has 0 saturated carbocycles. The summed E-state index contributed by atoms with van der Waals surface area (Å²) < 4.78 is 1.67. The van der Waals surface area contributed by atoms with Crippen LogP contribution in [-0.4, -0.2) is 70.8 Å². The lowest BCUT2D eigenvalue weighted by molar-refractivity contribution is 0.0553. The quantitative estimate of drug-likeness (QED) is 0.834. The lowest BCUT2D eigenvalue weighted by Crippen LogP contribution is -2.56. The van der Waals surface area contributed by atoms with Gasteiger partial charge in [-0.25, -0.2) is 0 Å². The summed E-state index contributed by atoms with van der Waals surface area (Å²) in [6.07, 6.45) is 3.95. The van der Waals surface area contributed by atoms with Crippen LogP contribution in [0.4, 0.5) is 5.69 Å². The molecule has 2 aliphatic heterocycles. The monoisotopic (exact) mass is 367 g/mol. The van der Waals surface area contributed by atoms with Gasteiger partial charge in [0.1, 0.15) is 5.69 Å². The Morgan fingerprint density at radius 2 is 1.85 bits per heavy atom. The Labute approximate surface area is 161 Å². The molecule has 144 valence electrons. The van der Waals surface area contributed by atoms with Crippen molar-refractivity contribution in [2.45, 2.75) is 25.8 Å². The van der Waals surface area contributed by atoms with Crippen LogP contribution < -0.4 is 4.90 Å². The van der Waals surface area contributed by atoms with Crippen LogP contribution >= 0.6 is 0 Å². The Bertz CT molecular complexity index is 793. The molecule has 27 heavy (non-hydrogen) atoms. The van der Waals surface area contributed by atoms with Gasteiger partial charge < -0.3 is 9.80 Å². The number of anilines is 1. The third-order valence-corrected chi connectivity index (χ3v) is 6.01. The summed E-state index contributed by atoms with van der Waals surface area (Å²) in [6.45, 7) is 8.09. The highest BCUT2D eigenvalue weighted by Crippen LogP contribution is 2.24. The number of carbonyl (C=O) groups excluding carboxylic acids is 1. The lowest BCUT2D eigenvalue weighted by atomic mass is 10.0. The molecule has 0 bridgehead atoms. The van der Waals surface area contributed by atoms with Crippen LogP contribution in [0.25, 0.3) is 0 Å². The zero-order chi connectivity index (χ0) is 18.8. The highest BCUT2D eigenvalue weighted by Gasteiger charge is 2.31. The van der Waals surface area contributed by atoms with Gasteiger partial charge in [0.25, 0.3) is 5.91 Å². The van der Waals surface area contributed by atoms with Crippen molar-refractivity contribution in [3.05, 3.63) is 47.8 Å². The van der Waals surface area contributed by atoms with E-state index in [-0.39, 0.29) is 5.91 Å². The SMILES string of the molecule is Cc1ccccc1N1CCN([C@H]2CCCN(C(=O)c3ccnn3C)C2)CC1. The van der Waals surface area contributed by atoms with E-state index >= 15 is 0 Å². The first-order chi connectivity index (χ1) is 13.1. The molecule has 2 fully saturated rings. The van der Waals surface area contributed by atoms with E-state index in [4.69, 9.17) is 0 Å². The van der Waals surface area contributed by atoms with Crippen LogP contribution in [0, 0.1) is 6.92 Å². The molecule has 6 heteroatoms. The van der Waals surface area contributed by atoms with Gasteiger partial charge in [0.05, 0.1) is 0 Å². The molecule has 1 amide bonds. The molecular formula is C21H29N5O. The molecule has 1 aromatic carbocycles. The molecule has 6 nitrogen and oxygen atoms in total. The molecule has 4 rings (SSSR count). The van der Waals surface area contributed by atoms with Crippen LogP contribution in [-0.2, 0) is 7.05 Å². The molecule has 0 N–H and O–H groups in total. The van der Waals surface area contributed by atoms with Gasteiger partial charge in [-0.05, 0) is 37.5 Å². The number of carbonyl (C=O) groups is 1. The number of amides is 1. The molecule has 3 heterocycles. The van der Waals surface area contributed by atoms with Gasteiger partial charge in [0.15, 0.2) is 0 Å². The maximum absolute atomic E-state index is 12.8. The molecule has 1 atom stereocenters. The Hall–Kier alpha value is -2.34. The maximum Gasteiger partial charge on any atom is 0.272 e. The number of piperazine rings is 1. The Balaban J connectivity index is 1.36. The van der Waals surface area contributed by atoms with Crippen LogP contribution in [0.1, 0.15) is 28.9 Å². The highest BCUT2D eigenvalue weighted by molar-refractivity contribution is 5.92. The van der Waals surface area contributed by atoms with Crippen molar-refractivity contribution >= 4 is 11.6 Å². The first kappa shape index (κ1) is 18.0. The average molecular weight is 367 g/mol. The van der Waals surface area contributed by atoms with Crippen molar-refractivity contribution in [2.75, 3.05) is 44.2 Å². The van der Waals surface area contributed by atoms with E-state index in [1.807, 2.05) is 18.0 Å². The number of aryl methyl sites for hydroxylation is 2. The fourth-order valence-corrected chi connectivity index (χ4v) is 4.43. The van der Waals surface area contributed by atoms with E-state index in [1.54, 1.807) is 10.9 Å². The highest BCUT2D eigenvalue weighted by atomic mass is 16.2. The van der Waals surface area contributed by atoms with Crippen molar-refractivity contribution in [3.63, 3.8) is 0 Å². The minimum absolute atomic E-state index is 0.109. The van der Waals surface area contributed by atoms with Crippen molar-refractivity contribution in [3.8, 4) is 0 Å². The topological polar surface area (TPSA) is 44.6 Å². The molecular weight excluding hydrogens is 338 g/mol. The minimum Gasteiger partial charge on any atom is -0.369 e. The average Bonchev–Trinajstić information content (AvgIpc) is 3.14. The summed E-state index contributed by atoms with van der Waals surface area (Å²) in [6, 6.07) is 10.9. The van der Waals surface area contributed by atoms with Gasteiger partial charge >= 0.3 is 0 Å². The number of para-hydroxylation sites is 1. The number of hydrogen-bond acceptors (Lipinski definition) is 4. The maximum atomic E-state index is 12.8. The minimum atomic E-state index is 0.109. The molecule has 1 aromatic heterocycles. The second-order valence-electron chi connectivity index (χ2n) is 7.70. The van der Waals surface area contributed by atoms with Crippen molar-refractivity contribution in [2.24, 2.45) is 7.05 Å². The van der Waals surface area contributed by atoms with E-state index in [0.29, 0.717) is 11.7 Å². The van der Waals surface area contributed by atoms with Gasteiger partial charge in [0.2, 0.25) is 0 Å². The number of piperidine rings is 1. The van der Waals surface area contributed by atoms with Gasteiger partial charge in [0, 0.05) is 64.2 Å². The molecule has 0 unspecified atom stereocenters. The second-order valence-corrected chi connectivity index (χ2v) is 7.70. The first-order valence-electron chi connectivity index (χ1n) is 9.95. The summed E-state index contributed by atoms with van der Waals surface area (Å²) in [4.78, 5) is 19.9. The standard InChI is InChI=1S/C21H29N5O/c1-17-6-3-4-8-19(17)25-14-12-24(13-15-25)18-7-5-11-26(16-18)21(27)20-9-10-22-23(20)2/h3-4,6,8-10,18H,5,7,11-16H2,1-2H3/t18-/m0/s1. The fourth-order valence-electron chi connectivity index (χ4n) is 4.43. The molecule has 0 radical (unpaired) electrons. The second kappa shape index (κ2) is 7.72. The smallest absolute Gasteiger partial charge is 0.272 e. The van der Waals surface area contributed by atoms with Crippen LogP contribution in [0.5, 0.6) is 0 Å². The van der Waals surface area contributed by atoms with Crippen LogP contribution in [0.15, 0.2) is 36.5 Å². The third-order valence-electron chi connectivity index (χ3n) is 6.01. The Morgan fingerprint density at radius 3 is 2.56 bits per heavy atom. The normalized spacial score (nSPS) is 21.5. The molecule has 0 spiro atoms. The van der Waals surface area contributed by atoms with E-state index < -0.39 is 0 Å². The predicted octanol–water partition coefficient (Wildman–Crippen LogP) is 2.16. The van der Waals surface area contributed by atoms with Crippen LogP contribution in [0.2, 0.25) is 0 Å². The van der Waals surface area contributed by atoms with Crippen molar-refractivity contribution < 1.29 is 4.79 Å². The van der Waals surface area contributed by atoms with E-state index in [9.17, 15) is 4.79 Å². The van der Waals surface area contributed by atoms with Crippen LogP contribution in [0.3, 0.4) is 0 Å². The predicted molar refractivity (Wildman–Crippen MR) is 107 cm³/mol. The summed E-state index contributed by atoms with van der Waals surface area (Å²) in [5.41, 5.74) is 3.38. The number of hydrogen-bond donors (Lipinski definition) is 0. The van der Waals surface area contributed by atoms with Gasteiger partial charge in [-0.15, -0.1) is 0 Å². The van der Waals surface area contributed by atoms with E-state index in [2.05, 4.69) is 46.1 Å². The number of benzene rings is 1. The van der Waals surface area contributed by atoms with Gasteiger partial charge in [-0.1, -0.05) is 18.2 Å². The summed E-state index contributed by atoms with van der Waals surface area (Å²) in [5, 5.41) is 4.14. The summed E-state index contributed by atoms with van der Waals surface area (Å²) in [7, 11) is 1.83. The van der Waals surface area contributed by atoms with E-state index in [1.165, 1.54) is 17.7 Å². The summed E-state index contributed by atoms with van der Waals surface area (Å²) in [5.74, 6) is 0.109. The van der Waals surface area contributed by atoms with Crippen molar-refractivity contribution in [1.82, 2.24) is 19.6 Å². The zero-order valence-electron chi connectivity index (χ0n) is 16.3. The lowest BCUT2D eigenvalue weighted by Gasteiger charge is -2.44. The number of likely N-dealkylation sites (tertiary alicyclic amines) is 1. The largest absolute Gasteiger partial charge is 0.369 e. The van der Waals surface area contributed by atoms with Gasteiger partial charge in [-0.2, -0.15) is 5.10 Å². The molecule has 2 saturated heterocycles. The van der Waals surface area contributed by atoms with Gasteiger partial charge in [-0.3, -0.25) is 14.4 Å². The summed E-state index contributed by atoms with van der Waals surface area (Å²) >= 11 is 0. The van der Waals surface area contributed by atoms with E-state index in [0.717, 1.165) is 45.7 Å². The molecule has 0 aliphatic carbocycles.